The number of rotatable bonds is 6. The maximum atomic E-state index is 5.66. The Morgan fingerprint density at radius 2 is 2.06 bits per heavy atom. The Kier molecular flexibility index (Phi) is 4.73. The predicted molar refractivity (Wildman–Crippen MR) is 74.9 cm³/mol. The number of hydrogen-bond donors (Lipinski definition) is 1. The second kappa shape index (κ2) is 6.52. The average molecular weight is 262 g/mol. The smallest absolute Gasteiger partial charge is 0.140 e. The fraction of sp³-hybridized carbons (Fsp3) is 0.357. The van der Waals surface area contributed by atoms with Gasteiger partial charge in [0.15, 0.2) is 0 Å². The first-order valence-corrected chi connectivity index (χ1v) is 6.96. The Morgan fingerprint density at radius 1 is 1.28 bits per heavy atom. The van der Waals surface area contributed by atoms with Gasteiger partial charge in [0.2, 0.25) is 0 Å². The minimum absolute atomic E-state index is 0.482. The molecule has 0 aliphatic rings. The van der Waals surface area contributed by atoms with Crippen LogP contribution in [0.15, 0.2) is 35.7 Å². The molecule has 0 saturated carbocycles. The Labute approximate surface area is 112 Å². The van der Waals surface area contributed by atoms with Gasteiger partial charge in [0.05, 0.1) is 5.69 Å². The molecule has 0 aliphatic heterocycles. The fourth-order valence-corrected chi connectivity index (χ4v) is 2.17. The number of benzene rings is 1. The summed E-state index contributed by atoms with van der Waals surface area (Å²) in [4.78, 5) is 4.53. The number of nitrogens with one attached hydrogen (secondary N) is 1. The van der Waals surface area contributed by atoms with Crippen molar-refractivity contribution < 1.29 is 4.74 Å². The Bertz CT molecular complexity index is 468. The second-order valence-corrected chi connectivity index (χ2v) is 5.31. The summed E-state index contributed by atoms with van der Waals surface area (Å²) in [5.74, 6) is 0.884. The molecule has 0 amide bonds. The molecule has 18 heavy (non-hydrogen) atoms. The molecule has 4 heteroatoms. The first kappa shape index (κ1) is 13.1. The number of hydrogen-bond acceptors (Lipinski definition) is 4. The minimum Gasteiger partial charge on any atom is -0.486 e. The molecule has 3 nitrogen and oxygen atoms in total. The highest BCUT2D eigenvalue weighted by molar-refractivity contribution is 7.09. The van der Waals surface area contributed by atoms with Gasteiger partial charge in [-0.2, -0.15) is 0 Å². The van der Waals surface area contributed by atoms with Crippen LogP contribution in [0.3, 0.4) is 0 Å². The molecule has 2 aromatic rings. The van der Waals surface area contributed by atoms with Gasteiger partial charge in [-0.3, -0.25) is 0 Å². The molecule has 1 N–H and O–H groups in total. The van der Waals surface area contributed by atoms with Crippen molar-refractivity contribution in [2.24, 2.45) is 0 Å². The van der Waals surface area contributed by atoms with Gasteiger partial charge in [0.25, 0.3) is 0 Å². The molecular weight excluding hydrogens is 244 g/mol. The Balaban J connectivity index is 1.83. The van der Waals surface area contributed by atoms with Gasteiger partial charge in [-0.1, -0.05) is 32.0 Å². The van der Waals surface area contributed by atoms with Crippen molar-refractivity contribution >= 4 is 11.3 Å². The molecular formula is C14H18N2OS. The van der Waals surface area contributed by atoms with E-state index in [1.54, 1.807) is 11.3 Å². The summed E-state index contributed by atoms with van der Waals surface area (Å²) in [5, 5.41) is 6.45. The van der Waals surface area contributed by atoms with Crippen LogP contribution >= 0.6 is 11.3 Å². The molecule has 0 atom stereocenters. The lowest BCUT2D eigenvalue weighted by Gasteiger charge is -2.05. The Morgan fingerprint density at radius 3 is 2.78 bits per heavy atom. The van der Waals surface area contributed by atoms with Crippen molar-refractivity contribution in [1.82, 2.24) is 10.3 Å². The van der Waals surface area contributed by atoms with Gasteiger partial charge in [0, 0.05) is 18.0 Å². The molecule has 0 unspecified atom stereocenters. The van der Waals surface area contributed by atoms with Crippen LogP contribution in [0.4, 0.5) is 0 Å². The van der Waals surface area contributed by atoms with E-state index >= 15 is 0 Å². The van der Waals surface area contributed by atoms with E-state index in [1.165, 1.54) is 0 Å². The first-order chi connectivity index (χ1) is 8.74. The normalized spacial score (nSPS) is 10.8. The zero-order valence-electron chi connectivity index (χ0n) is 10.7. The monoisotopic (exact) mass is 262 g/mol. The summed E-state index contributed by atoms with van der Waals surface area (Å²) in [6.07, 6.45) is 0. The summed E-state index contributed by atoms with van der Waals surface area (Å²) in [6, 6.07) is 10.3. The molecule has 0 fully saturated rings. The molecule has 2 rings (SSSR count). The van der Waals surface area contributed by atoms with Crippen molar-refractivity contribution in [1.29, 1.82) is 0 Å². The van der Waals surface area contributed by atoms with E-state index in [0.29, 0.717) is 12.6 Å². The molecule has 96 valence electrons. The summed E-state index contributed by atoms with van der Waals surface area (Å²) < 4.78 is 5.66. The van der Waals surface area contributed by atoms with E-state index in [4.69, 9.17) is 4.74 Å². The van der Waals surface area contributed by atoms with Crippen LogP contribution in [0, 0.1) is 0 Å². The van der Waals surface area contributed by atoms with Gasteiger partial charge >= 0.3 is 0 Å². The van der Waals surface area contributed by atoms with E-state index in [9.17, 15) is 0 Å². The number of nitrogens with zero attached hydrogens (tertiary/aromatic N) is 1. The van der Waals surface area contributed by atoms with Crippen molar-refractivity contribution in [3.63, 3.8) is 0 Å². The maximum absolute atomic E-state index is 5.66. The van der Waals surface area contributed by atoms with Gasteiger partial charge in [0.1, 0.15) is 17.4 Å². The number of thiazole rings is 1. The quantitative estimate of drug-likeness (QED) is 0.868. The van der Waals surface area contributed by atoms with Crippen molar-refractivity contribution in [3.05, 3.63) is 46.4 Å². The van der Waals surface area contributed by atoms with E-state index in [2.05, 4.69) is 29.5 Å². The SMILES string of the molecule is CC(C)NCc1csc(COc2ccccc2)n1. The van der Waals surface area contributed by atoms with Gasteiger partial charge < -0.3 is 10.1 Å². The number of aromatic nitrogens is 1. The lowest BCUT2D eigenvalue weighted by molar-refractivity contribution is 0.305. The molecule has 0 radical (unpaired) electrons. The number of para-hydroxylation sites is 1. The Hall–Kier alpha value is -1.39. The maximum Gasteiger partial charge on any atom is 0.140 e. The molecule has 1 aromatic carbocycles. The van der Waals surface area contributed by atoms with Gasteiger partial charge in [-0.25, -0.2) is 4.98 Å². The van der Waals surface area contributed by atoms with E-state index < -0.39 is 0 Å². The van der Waals surface area contributed by atoms with Crippen molar-refractivity contribution in [2.75, 3.05) is 0 Å². The summed E-state index contributed by atoms with van der Waals surface area (Å²) in [6.45, 7) is 5.62. The topological polar surface area (TPSA) is 34.1 Å². The standard InChI is InChI=1S/C14H18N2OS/c1-11(2)15-8-12-10-18-14(16-12)9-17-13-6-4-3-5-7-13/h3-7,10-11,15H,8-9H2,1-2H3. The van der Waals surface area contributed by atoms with E-state index in [-0.39, 0.29) is 0 Å². The summed E-state index contributed by atoms with van der Waals surface area (Å²) in [7, 11) is 0. The number of ether oxygens (including phenoxy) is 1. The van der Waals surface area contributed by atoms with Gasteiger partial charge in [-0.05, 0) is 12.1 Å². The third-order valence-corrected chi connectivity index (χ3v) is 3.27. The van der Waals surface area contributed by atoms with Crippen molar-refractivity contribution in [2.45, 2.75) is 33.0 Å². The second-order valence-electron chi connectivity index (χ2n) is 4.37. The molecule has 0 saturated heterocycles. The third-order valence-electron chi connectivity index (χ3n) is 2.40. The lowest BCUT2D eigenvalue weighted by Crippen LogP contribution is -2.21. The van der Waals surface area contributed by atoms with Crippen LogP contribution in [-0.4, -0.2) is 11.0 Å². The predicted octanol–water partition coefficient (Wildman–Crippen LogP) is 3.22. The third kappa shape index (κ3) is 4.13. The van der Waals surface area contributed by atoms with E-state index in [0.717, 1.165) is 23.0 Å². The van der Waals surface area contributed by atoms with Gasteiger partial charge in [-0.15, -0.1) is 11.3 Å². The molecule has 1 heterocycles. The van der Waals surface area contributed by atoms with Crippen LogP contribution < -0.4 is 10.1 Å². The largest absolute Gasteiger partial charge is 0.486 e. The summed E-state index contributed by atoms with van der Waals surface area (Å²) >= 11 is 1.64. The molecule has 1 aromatic heterocycles. The summed E-state index contributed by atoms with van der Waals surface area (Å²) in [5.41, 5.74) is 1.08. The minimum atomic E-state index is 0.482. The fourth-order valence-electron chi connectivity index (χ4n) is 1.47. The van der Waals surface area contributed by atoms with Crippen molar-refractivity contribution in [3.8, 4) is 5.75 Å². The molecule has 0 spiro atoms. The average Bonchev–Trinajstić information content (AvgIpc) is 2.83. The van der Waals surface area contributed by atoms with Crippen LogP contribution in [0.1, 0.15) is 24.5 Å². The zero-order chi connectivity index (χ0) is 12.8. The highest BCUT2D eigenvalue weighted by Crippen LogP contribution is 2.14. The van der Waals surface area contributed by atoms with Crippen LogP contribution in [-0.2, 0) is 13.2 Å². The van der Waals surface area contributed by atoms with Crippen LogP contribution in [0.5, 0.6) is 5.75 Å². The highest BCUT2D eigenvalue weighted by Gasteiger charge is 2.03. The molecule has 0 aliphatic carbocycles. The van der Waals surface area contributed by atoms with Crippen LogP contribution in [0.25, 0.3) is 0 Å². The van der Waals surface area contributed by atoms with E-state index in [1.807, 2.05) is 30.3 Å². The first-order valence-electron chi connectivity index (χ1n) is 6.08. The lowest BCUT2D eigenvalue weighted by atomic mass is 10.3. The van der Waals surface area contributed by atoms with Crippen LogP contribution in [0.2, 0.25) is 0 Å². The zero-order valence-corrected chi connectivity index (χ0v) is 11.5. The highest BCUT2D eigenvalue weighted by atomic mass is 32.1. The molecule has 0 bridgehead atoms.